The molecule has 0 amide bonds. The Hall–Kier alpha value is -1.55. The molecule has 78 valence electrons. The van der Waals surface area contributed by atoms with Crippen LogP contribution < -0.4 is 0 Å². The van der Waals surface area contributed by atoms with E-state index < -0.39 is 0 Å². The molecule has 0 atom stereocenters. The normalized spacial score (nSPS) is 10.2. The van der Waals surface area contributed by atoms with Crippen LogP contribution in [-0.4, -0.2) is 18.1 Å². The van der Waals surface area contributed by atoms with E-state index in [0.717, 1.165) is 12.1 Å². The number of ether oxygens (including phenoxy) is 1. The Morgan fingerprint density at radius 3 is 3.13 bits per heavy atom. The van der Waals surface area contributed by atoms with Gasteiger partial charge in [-0.25, -0.2) is 4.79 Å². The number of nitrogens with one attached hydrogen (secondary N) is 1. The number of carbonyl (C=O) groups excluding carboxylic acids is 1. The van der Waals surface area contributed by atoms with Crippen LogP contribution in [0.2, 0.25) is 0 Å². The molecule has 0 radical (unpaired) electrons. The summed E-state index contributed by atoms with van der Waals surface area (Å²) in [7, 11) is 1.38. The molecule has 0 aromatic carbocycles. The van der Waals surface area contributed by atoms with Crippen LogP contribution in [0.5, 0.6) is 0 Å². The highest BCUT2D eigenvalue weighted by molar-refractivity contribution is 7.09. The topological polar surface area (TPSA) is 42.1 Å². The van der Waals surface area contributed by atoms with Crippen LogP contribution in [0.25, 0.3) is 0 Å². The average molecular weight is 221 g/mol. The van der Waals surface area contributed by atoms with Crippen LogP contribution in [0.15, 0.2) is 29.8 Å². The van der Waals surface area contributed by atoms with Crippen LogP contribution in [-0.2, 0) is 11.2 Å². The zero-order valence-corrected chi connectivity index (χ0v) is 9.14. The maximum Gasteiger partial charge on any atom is 0.339 e. The first-order valence-electron chi connectivity index (χ1n) is 4.57. The number of hydrogen-bond donors (Lipinski definition) is 1. The van der Waals surface area contributed by atoms with Gasteiger partial charge in [-0.1, -0.05) is 6.07 Å². The lowest BCUT2D eigenvalue weighted by molar-refractivity contribution is 0.0601. The molecule has 0 spiro atoms. The number of carbonyl (C=O) groups is 1. The number of hydrogen-bond acceptors (Lipinski definition) is 3. The Kier molecular flexibility index (Phi) is 2.87. The zero-order chi connectivity index (χ0) is 10.7. The number of aromatic amines is 1. The van der Waals surface area contributed by atoms with Gasteiger partial charge in [-0.05, 0) is 17.5 Å². The second-order valence-corrected chi connectivity index (χ2v) is 4.19. The van der Waals surface area contributed by atoms with Crippen molar-refractivity contribution in [1.82, 2.24) is 4.98 Å². The van der Waals surface area contributed by atoms with Crippen LogP contribution in [0.4, 0.5) is 0 Å². The molecule has 0 unspecified atom stereocenters. The summed E-state index contributed by atoms with van der Waals surface area (Å²) >= 11 is 1.70. The Morgan fingerprint density at radius 2 is 2.47 bits per heavy atom. The minimum absolute atomic E-state index is 0.302. The predicted molar refractivity (Wildman–Crippen MR) is 59.3 cm³/mol. The van der Waals surface area contributed by atoms with E-state index in [1.165, 1.54) is 12.0 Å². The van der Waals surface area contributed by atoms with Crippen LogP contribution in [0.3, 0.4) is 0 Å². The van der Waals surface area contributed by atoms with Gasteiger partial charge in [0.2, 0.25) is 0 Å². The second kappa shape index (κ2) is 4.31. The molecule has 2 aromatic rings. The summed E-state index contributed by atoms with van der Waals surface area (Å²) in [6, 6.07) is 5.92. The van der Waals surface area contributed by atoms with Crippen LogP contribution in [0, 0.1) is 0 Å². The third-order valence-electron chi connectivity index (χ3n) is 2.11. The molecule has 1 N–H and O–H groups in total. The fourth-order valence-electron chi connectivity index (χ4n) is 1.38. The highest BCUT2D eigenvalue weighted by Crippen LogP contribution is 2.15. The van der Waals surface area contributed by atoms with E-state index >= 15 is 0 Å². The fourth-order valence-corrected chi connectivity index (χ4v) is 2.11. The maximum absolute atomic E-state index is 11.2. The molecule has 2 heterocycles. The lowest BCUT2D eigenvalue weighted by Gasteiger charge is -1.93. The first-order chi connectivity index (χ1) is 7.29. The van der Waals surface area contributed by atoms with E-state index in [0.29, 0.717) is 5.56 Å². The minimum Gasteiger partial charge on any atom is -0.465 e. The molecule has 0 fully saturated rings. The SMILES string of the molecule is COC(=O)c1c[nH]c(Cc2cccs2)c1. The molecule has 0 aliphatic carbocycles. The first kappa shape index (κ1) is 9.98. The van der Waals surface area contributed by atoms with Gasteiger partial charge in [-0.2, -0.15) is 0 Å². The van der Waals surface area contributed by atoms with Crippen molar-refractivity contribution in [1.29, 1.82) is 0 Å². The highest BCUT2D eigenvalue weighted by atomic mass is 32.1. The summed E-state index contributed by atoms with van der Waals surface area (Å²) in [4.78, 5) is 15.5. The van der Waals surface area contributed by atoms with E-state index in [-0.39, 0.29) is 5.97 Å². The summed E-state index contributed by atoms with van der Waals surface area (Å²) in [6.07, 6.45) is 2.50. The molecule has 2 rings (SSSR count). The van der Waals surface area contributed by atoms with Crippen LogP contribution >= 0.6 is 11.3 Å². The minimum atomic E-state index is -0.302. The average Bonchev–Trinajstić information content (AvgIpc) is 2.88. The Balaban J connectivity index is 2.11. The molecule has 0 saturated carbocycles. The van der Waals surface area contributed by atoms with Crippen molar-refractivity contribution in [3.63, 3.8) is 0 Å². The highest BCUT2D eigenvalue weighted by Gasteiger charge is 2.08. The first-order valence-corrected chi connectivity index (χ1v) is 5.45. The maximum atomic E-state index is 11.2. The van der Waals surface area contributed by atoms with Crippen molar-refractivity contribution in [3.05, 3.63) is 45.9 Å². The van der Waals surface area contributed by atoms with Crippen molar-refractivity contribution in [2.45, 2.75) is 6.42 Å². The van der Waals surface area contributed by atoms with Crippen molar-refractivity contribution in [3.8, 4) is 0 Å². The Labute approximate surface area is 91.7 Å². The third-order valence-corrected chi connectivity index (χ3v) is 2.99. The van der Waals surface area contributed by atoms with Crippen molar-refractivity contribution in [2.24, 2.45) is 0 Å². The molecule has 2 aromatic heterocycles. The summed E-state index contributed by atoms with van der Waals surface area (Å²) < 4.78 is 4.63. The smallest absolute Gasteiger partial charge is 0.339 e. The summed E-state index contributed by atoms with van der Waals surface area (Å²) in [5.41, 5.74) is 1.60. The molecule has 0 saturated heterocycles. The number of methoxy groups -OCH3 is 1. The molecule has 0 bridgehead atoms. The standard InChI is InChI=1S/C11H11NO2S/c1-14-11(13)8-5-9(12-7-8)6-10-3-2-4-15-10/h2-5,7,12H,6H2,1H3. The Bertz CT molecular complexity index is 445. The Morgan fingerprint density at radius 1 is 1.60 bits per heavy atom. The largest absolute Gasteiger partial charge is 0.465 e. The molecule has 15 heavy (non-hydrogen) atoms. The predicted octanol–water partition coefficient (Wildman–Crippen LogP) is 2.45. The second-order valence-electron chi connectivity index (χ2n) is 3.16. The lowest BCUT2D eigenvalue weighted by Crippen LogP contribution is -1.98. The quantitative estimate of drug-likeness (QED) is 0.809. The van der Waals surface area contributed by atoms with Gasteiger partial charge < -0.3 is 9.72 Å². The molecular formula is C11H11NO2S. The number of aromatic nitrogens is 1. The van der Waals surface area contributed by atoms with Gasteiger partial charge in [-0.3, -0.25) is 0 Å². The van der Waals surface area contributed by atoms with E-state index in [2.05, 4.69) is 15.8 Å². The van der Waals surface area contributed by atoms with E-state index in [1.807, 2.05) is 17.5 Å². The monoisotopic (exact) mass is 221 g/mol. The third kappa shape index (κ3) is 2.27. The lowest BCUT2D eigenvalue weighted by atomic mass is 10.2. The van der Waals surface area contributed by atoms with Crippen molar-refractivity contribution in [2.75, 3.05) is 7.11 Å². The summed E-state index contributed by atoms with van der Waals surface area (Å²) in [6.45, 7) is 0. The number of thiophene rings is 1. The van der Waals surface area contributed by atoms with Gasteiger partial charge in [0.15, 0.2) is 0 Å². The van der Waals surface area contributed by atoms with E-state index in [9.17, 15) is 4.79 Å². The molecule has 4 heteroatoms. The number of rotatable bonds is 3. The van der Waals surface area contributed by atoms with E-state index in [4.69, 9.17) is 0 Å². The summed E-state index contributed by atoms with van der Waals surface area (Å²) in [5, 5.41) is 2.04. The van der Waals surface area contributed by atoms with E-state index in [1.54, 1.807) is 17.5 Å². The zero-order valence-electron chi connectivity index (χ0n) is 8.32. The molecule has 0 aliphatic rings. The van der Waals surface area contributed by atoms with Gasteiger partial charge in [0.25, 0.3) is 0 Å². The van der Waals surface area contributed by atoms with Gasteiger partial charge >= 0.3 is 5.97 Å². The van der Waals surface area contributed by atoms with Crippen LogP contribution in [0.1, 0.15) is 20.9 Å². The van der Waals surface area contributed by atoms with Gasteiger partial charge in [-0.15, -0.1) is 11.3 Å². The number of H-pyrrole nitrogens is 1. The van der Waals surface area contributed by atoms with Crippen molar-refractivity contribution >= 4 is 17.3 Å². The molecule has 3 nitrogen and oxygen atoms in total. The fraction of sp³-hybridized carbons (Fsp3) is 0.182. The molecule has 0 aliphatic heterocycles. The van der Waals surface area contributed by atoms with Gasteiger partial charge in [0, 0.05) is 23.2 Å². The van der Waals surface area contributed by atoms with Gasteiger partial charge in [0.1, 0.15) is 0 Å². The summed E-state index contributed by atoms with van der Waals surface area (Å²) in [5.74, 6) is -0.302. The number of esters is 1. The van der Waals surface area contributed by atoms with Gasteiger partial charge in [0.05, 0.1) is 12.7 Å². The molecular weight excluding hydrogens is 210 g/mol. The van der Waals surface area contributed by atoms with Crippen molar-refractivity contribution < 1.29 is 9.53 Å².